The first-order chi connectivity index (χ1) is 8.49. The molecule has 1 atom stereocenters. The maximum atomic E-state index is 11.5. The normalized spacial score (nSPS) is 15.7. The zero-order valence-electron chi connectivity index (χ0n) is 10.2. The van der Waals surface area contributed by atoms with E-state index in [4.69, 9.17) is 10.8 Å². The summed E-state index contributed by atoms with van der Waals surface area (Å²) in [4.78, 5) is 23.7. The molecule has 5 nitrogen and oxygen atoms in total. The van der Waals surface area contributed by atoms with E-state index in [1.807, 2.05) is 18.2 Å². The predicted molar refractivity (Wildman–Crippen MR) is 67.4 cm³/mol. The van der Waals surface area contributed by atoms with Crippen LogP contribution < -0.4 is 10.6 Å². The minimum atomic E-state index is -0.848. The molecular formula is C13H16N2O3. The van der Waals surface area contributed by atoms with E-state index in [9.17, 15) is 9.59 Å². The van der Waals surface area contributed by atoms with Gasteiger partial charge in [0.05, 0.1) is 6.42 Å². The highest BCUT2D eigenvalue weighted by molar-refractivity contribution is 6.01. The van der Waals surface area contributed by atoms with Gasteiger partial charge in [-0.3, -0.25) is 9.59 Å². The maximum absolute atomic E-state index is 11.5. The van der Waals surface area contributed by atoms with E-state index in [0.29, 0.717) is 12.8 Å². The van der Waals surface area contributed by atoms with Crippen LogP contribution in [0.15, 0.2) is 18.2 Å². The van der Waals surface area contributed by atoms with Crippen LogP contribution in [0.2, 0.25) is 0 Å². The molecule has 0 spiro atoms. The maximum Gasteiger partial charge on any atom is 0.303 e. The van der Waals surface area contributed by atoms with Gasteiger partial charge < -0.3 is 15.7 Å². The van der Waals surface area contributed by atoms with E-state index >= 15 is 0 Å². The molecule has 1 amide bonds. The summed E-state index contributed by atoms with van der Waals surface area (Å²) < 4.78 is 0. The molecule has 1 aliphatic heterocycles. The molecule has 0 fully saturated rings. The second kappa shape index (κ2) is 4.78. The molecule has 0 aromatic heterocycles. The number of amides is 1. The fourth-order valence-electron chi connectivity index (χ4n) is 2.13. The molecule has 5 heteroatoms. The molecule has 0 bridgehead atoms. The van der Waals surface area contributed by atoms with E-state index in [1.54, 1.807) is 11.9 Å². The fraction of sp³-hybridized carbons (Fsp3) is 0.385. The van der Waals surface area contributed by atoms with Crippen LogP contribution in [-0.4, -0.2) is 24.0 Å². The summed E-state index contributed by atoms with van der Waals surface area (Å²) in [5, 5.41) is 8.63. The molecule has 0 radical (unpaired) electrons. The Hall–Kier alpha value is -1.88. The molecule has 0 saturated heterocycles. The van der Waals surface area contributed by atoms with Crippen molar-refractivity contribution in [3.63, 3.8) is 0 Å². The molecular weight excluding hydrogens is 232 g/mol. The molecule has 18 heavy (non-hydrogen) atoms. The number of fused-ring (bicyclic) bond motifs is 1. The van der Waals surface area contributed by atoms with E-state index in [2.05, 4.69) is 0 Å². The third-order valence-corrected chi connectivity index (χ3v) is 3.28. The Labute approximate surface area is 105 Å². The number of anilines is 1. The van der Waals surface area contributed by atoms with Crippen molar-refractivity contribution in [2.75, 3.05) is 11.9 Å². The van der Waals surface area contributed by atoms with Crippen molar-refractivity contribution in [2.45, 2.75) is 25.3 Å². The topological polar surface area (TPSA) is 83.6 Å². The number of hydrogen-bond donors (Lipinski definition) is 2. The number of rotatable bonds is 4. The van der Waals surface area contributed by atoms with Gasteiger partial charge in [0.25, 0.3) is 0 Å². The van der Waals surface area contributed by atoms with Crippen molar-refractivity contribution >= 4 is 17.6 Å². The Morgan fingerprint density at radius 1 is 1.56 bits per heavy atom. The van der Waals surface area contributed by atoms with Gasteiger partial charge in [0.15, 0.2) is 0 Å². The number of hydrogen-bond acceptors (Lipinski definition) is 3. The average molecular weight is 248 g/mol. The molecule has 3 N–H and O–H groups in total. The fourth-order valence-corrected chi connectivity index (χ4v) is 2.13. The number of likely N-dealkylation sites (N-methyl/N-ethyl adjacent to an activating group) is 1. The molecule has 1 heterocycles. The summed E-state index contributed by atoms with van der Waals surface area (Å²) in [6.07, 6.45) is 0.870. The van der Waals surface area contributed by atoms with Gasteiger partial charge in [0.1, 0.15) is 0 Å². The molecule has 2 rings (SSSR count). The van der Waals surface area contributed by atoms with Crippen LogP contribution in [0.3, 0.4) is 0 Å². The van der Waals surface area contributed by atoms with Gasteiger partial charge in [-0.25, -0.2) is 0 Å². The molecule has 1 aromatic rings. The number of carboxylic acid groups (broad SMARTS) is 1. The molecule has 1 aromatic carbocycles. The zero-order valence-corrected chi connectivity index (χ0v) is 10.2. The minimum absolute atomic E-state index is 0.0486. The molecule has 96 valence electrons. The van der Waals surface area contributed by atoms with Crippen LogP contribution in [0.1, 0.15) is 30.0 Å². The van der Waals surface area contributed by atoms with E-state index < -0.39 is 5.97 Å². The summed E-state index contributed by atoms with van der Waals surface area (Å²) in [5.41, 5.74) is 8.70. The lowest BCUT2D eigenvalue weighted by Gasteiger charge is -2.15. The van der Waals surface area contributed by atoms with E-state index in [1.165, 1.54) is 0 Å². The van der Waals surface area contributed by atoms with Crippen LogP contribution >= 0.6 is 0 Å². The first-order valence-electron chi connectivity index (χ1n) is 5.86. The van der Waals surface area contributed by atoms with E-state index in [-0.39, 0.29) is 18.4 Å². The standard InChI is InChI=1S/C13H16N2O3/c1-15-11-6-8(10(14)4-5-13(17)18)2-3-9(11)7-12(15)16/h2-3,6,10H,4-5,7,14H2,1H3,(H,17,18). The predicted octanol–water partition coefficient (Wildman–Crippen LogP) is 1.07. The highest BCUT2D eigenvalue weighted by Gasteiger charge is 2.24. The number of aliphatic carboxylic acids is 1. The van der Waals surface area contributed by atoms with Crippen LogP contribution in [0.5, 0.6) is 0 Å². The second-order valence-corrected chi connectivity index (χ2v) is 4.56. The Balaban J connectivity index is 2.17. The summed E-state index contributed by atoms with van der Waals surface area (Å²) in [5.74, 6) is -0.778. The first kappa shape index (κ1) is 12.6. The van der Waals surface area contributed by atoms with Crippen molar-refractivity contribution in [3.8, 4) is 0 Å². The lowest BCUT2D eigenvalue weighted by molar-refractivity contribution is -0.137. The lowest BCUT2D eigenvalue weighted by Crippen LogP contribution is -2.21. The van der Waals surface area contributed by atoms with Gasteiger partial charge in [-0.15, -0.1) is 0 Å². The summed E-state index contributed by atoms with van der Waals surface area (Å²) in [6, 6.07) is 5.34. The number of carbonyl (C=O) groups is 2. The third kappa shape index (κ3) is 2.36. The number of nitrogens with two attached hydrogens (primary N) is 1. The Kier molecular flexibility index (Phi) is 3.34. The SMILES string of the molecule is CN1C(=O)Cc2ccc(C(N)CCC(=O)O)cc21. The van der Waals surface area contributed by atoms with Crippen molar-refractivity contribution in [2.24, 2.45) is 5.73 Å². The molecule has 1 unspecified atom stereocenters. The van der Waals surface area contributed by atoms with Crippen LogP contribution in [0.4, 0.5) is 5.69 Å². The highest BCUT2D eigenvalue weighted by atomic mass is 16.4. The van der Waals surface area contributed by atoms with Gasteiger partial charge in [-0.1, -0.05) is 12.1 Å². The molecule has 0 aliphatic carbocycles. The average Bonchev–Trinajstić information content (AvgIpc) is 2.62. The largest absolute Gasteiger partial charge is 0.481 e. The Morgan fingerprint density at radius 3 is 2.94 bits per heavy atom. The first-order valence-corrected chi connectivity index (χ1v) is 5.86. The van der Waals surface area contributed by atoms with Crippen molar-refractivity contribution in [1.29, 1.82) is 0 Å². The molecule has 0 saturated carbocycles. The lowest BCUT2D eigenvalue weighted by atomic mass is 10.0. The third-order valence-electron chi connectivity index (χ3n) is 3.28. The van der Waals surface area contributed by atoms with Gasteiger partial charge >= 0.3 is 5.97 Å². The van der Waals surface area contributed by atoms with Crippen LogP contribution in [-0.2, 0) is 16.0 Å². The quantitative estimate of drug-likeness (QED) is 0.834. The van der Waals surface area contributed by atoms with Gasteiger partial charge in [-0.2, -0.15) is 0 Å². The smallest absolute Gasteiger partial charge is 0.303 e. The summed E-state index contributed by atoms with van der Waals surface area (Å²) in [7, 11) is 1.74. The summed E-state index contributed by atoms with van der Waals surface area (Å²) >= 11 is 0. The van der Waals surface area contributed by atoms with Gasteiger partial charge in [0.2, 0.25) is 5.91 Å². The number of benzene rings is 1. The van der Waals surface area contributed by atoms with Crippen molar-refractivity contribution in [3.05, 3.63) is 29.3 Å². The van der Waals surface area contributed by atoms with Gasteiger partial charge in [-0.05, 0) is 23.6 Å². The number of nitrogens with zero attached hydrogens (tertiary/aromatic N) is 1. The van der Waals surface area contributed by atoms with Gasteiger partial charge in [0, 0.05) is 25.2 Å². The Morgan fingerprint density at radius 2 is 2.28 bits per heavy atom. The van der Waals surface area contributed by atoms with Crippen molar-refractivity contribution < 1.29 is 14.7 Å². The molecule has 1 aliphatic rings. The van der Waals surface area contributed by atoms with Crippen molar-refractivity contribution in [1.82, 2.24) is 0 Å². The zero-order chi connectivity index (χ0) is 13.3. The number of carbonyl (C=O) groups excluding carboxylic acids is 1. The minimum Gasteiger partial charge on any atom is -0.481 e. The monoisotopic (exact) mass is 248 g/mol. The highest BCUT2D eigenvalue weighted by Crippen LogP contribution is 2.30. The second-order valence-electron chi connectivity index (χ2n) is 4.56. The summed E-state index contributed by atoms with van der Waals surface area (Å²) in [6.45, 7) is 0. The van der Waals surface area contributed by atoms with E-state index in [0.717, 1.165) is 16.8 Å². The Bertz CT molecular complexity index is 499. The van der Waals surface area contributed by atoms with Crippen LogP contribution in [0.25, 0.3) is 0 Å². The number of carboxylic acids is 1. The van der Waals surface area contributed by atoms with Crippen LogP contribution in [0, 0.1) is 0 Å².